The summed E-state index contributed by atoms with van der Waals surface area (Å²) in [7, 11) is 0. The summed E-state index contributed by atoms with van der Waals surface area (Å²) in [5.41, 5.74) is 0.500. The first-order valence-electron chi connectivity index (χ1n) is 17.3. The van der Waals surface area contributed by atoms with E-state index in [1.54, 1.807) is 0 Å². The molecule has 0 amide bonds. The van der Waals surface area contributed by atoms with Crippen LogP contribution in [0, 0.1) is 64.6 Å². The van der Waals surface area contributed by atoms with Crippen molar-refractivity contribution in [1.29, 1.82) is 0 Å². The molecule has 6 aliphatic rings. The van der Waals surface area contributed by atoms with Crippen molar-refractivity contribution in [2.45, 2.75) is 95.9 Å². The van der Waals surface area contributed by atoms with Crippen LogP contribution in [0.25, 0.3) is 0 Å². The van der Waals surface area contributed by atoms with Crippen LogP contribution in [0.5, 0.6) is 0 Å². The molecule has 0 heterocycles. The third kappa shape index (κ3) is 9.73. The van der Waals surface area contributed by atoms with Crippen LogP contribution in [-0.4, -0.2) is 0 Å². The fourth-order valence-electron chi connectivity index (χ4n) is 7.49. The second kappa shape index (κ2) is 19.2. The Morgan fingerprint density at radius 3 is 0.634 bits per heavy atom. The first-order valence-corrected chi connectivity index (χ1v) is 17.3. The Kier molecular flexibility index (Phi) is 17.3. The number of allylic oxidation sites excluding steroid dienone is 16. The van der Waals surface area contributed by atoms with E-state index in [1.165, 1.54) is 12.8 Å². The van der Waals surface area contributed by atoms with E-state index < -0.39 is 0 Å². The molecule has 0 aromatic carbocycles. The fraction of sp³-hybridized carbons (Fsp3) is 0.610. The van der Waals surface area contributed by atoms with Gasteiger partial charge in [-0.05, 0) is 77.4 Å². The summed E-state index contributed by atoms with van der Waals surface area (Å²) < 4.78 is 0. The zero-order valence-electron chi connectivity index (χ0n) is 28.9. The van der Waals surface area contributed by atoms with Gasteiger partial charge in [0.1, 0.15) is 0 Å². The maximum absolute atomic E-state index is 2.52. The predicted molar refractivity (Wildman–Crippen MR) is 188 cm³/mol. The minimum Gasteiger partial charge on any atom is -0.0805 e. The lowest BCUT2D eigenvalue weighted by Gasteiger charge is -2.29. The zero-order chi connectivity index (χ0) is 31.0. The summed E-state index contributed by atoms with van der Waals surface area (Å²) in [4.78, 5) is 0. The molecule has 8 atom stereocenters. The average Bonchev–Trinajstić information content (AvgIpc) is 3.52. The van der Waals surface area contributed by atoms with Crippen LogP contribution in [-0.2, 0) is 0 Å². The summed E-state index contributed by atoms with van der Waals surface area (Å²) in [5.74, 6) is 7.32. The first kappa shape index (κ1) is 36.9. The van der Waals surface area contributed by atoms with Crippen LogP contribution in [0.4, 0.5) is 0 Å². The van der Waals surface area contributed by atoms with E-state index in [1.807, 2.05) is 55.4 Å². The standard InChI is InChI=1S/C28H30.C5H12.4C2H6/c1-5-13-23-19(9-1)20-10-2-6-14-24(20)27(23)17-18-28-25-15-7-3-11-21(25)22-12-4-8-16-26(22)28;1-5(2,3)4;4*1-2/h1-16,19-28H,17-18H2;1-4H3;4*1-2H3. The van der Waals surface area contributed by atoms with Gasteiger partial charge in [0.2, 0.25) is 0 Å². The van der Waals surface area contributed by atoms with Gasteiger partial charge < -0.3 is 0 Å². The van der Waals surface area contributed by atoms with Gasteiger partial charge in [-0.15, -0.1) is 0 Å². The monoisotopic (exact) mass is 559 g/mol. The molecule has 0 nitrogen and oxygen atoms in total. The lowest BCUT2D eigenvalue weighted by Crippen LogP contribution is -2.21. The van der Waals surface area contributed by atoms with Gasteiger partial charge in [0.25, 0.3) is 0 Å². The molecular formula is C41H66. The molecule has 0 N–H and O–H groups in total. The minimum atomic E-state index is 0.500. The number of hydrogen-bond donors (Lipinski definition) is 0. The highest BCUT2D eigenvalue weighted by Crippen LogP contribution is 2.56. The maximum Gasteiger partial charge on any atom is -0.00956 e. The van der Waals surface area contributed by atoms with E-state index in [0.29, 0.717) is 29.1 Å². The van der Waals surface area contributed by atoms with E-state index >= 15 is 0 Å². The van der Waals surface area contributed by atoms with E-state index in [-0.39, 0.29) is 0 Å². The maximum atomic E-state index is 2.52. The highest BCUT2D eigenvalue weighted by molar-refractivity contribution is 5.30. The number of fused-ring (bicyclic) bond motifs is 6. The van der Waals surface area contributed by atoms with Crippen molar-refractivity contribution in [3.8, 4) is 0 Å². The Morgan fingerprint density at radius 2 is 0.463 bits per heavy atom. The molecule has 0 heteroatoms. The predicted octanol–water partition coefficient (Wildman–Crippen LogP) is 12.6. The molecular weight excluding hydrogens is 492 g/mol. The van der Waals surface area contributed by atoms with Crippen molar-refractivity contribution in [3.63, 3.8) is 0 Å². The van der Waals surface area contributed by atoms with Crippen molar-refractivity contribution >= 4 is 0 Å². The average molecular weight is 559 g/mol. The molecule has 41 heavy (non-hydrogen) atoms. The van der Waals surface area contributed by atoms with Gasteiger partial charge in [0.05, 0.1) is 0 Å². The van der Waals surface area contributed by atoms with Crippen molar-refractivity contribution in [2.24, 2.45) is 64.6 Å². The third-order valence-corrected chi connectivity index (χ3v) is 8.59. The van der Waals surface area contributed by atoms with Gasteiger partial charge >= 0.3 is 0 Å². The van der Waals surface area contributed by atoms with Crippen LogP contribution >= 0.6 is 0 Å². The normalized spacial score (nSPS) is 35.2. The Labute approximate surface area is 257 Å². The zero-order valence-corrected chi connectivity index (χ0v) is 28.9. The van der Waals surface area contributed by atoms with Crippen LogP contribution in [0.15, 0.2) is 97.2 Å². The minimum absolute atomic E-state index is 0.500. The molecule has 6 aliphatic carbocycles. The molecule has 2 saturated carbocycles. The van der Waals surface area contributed by atoms with Gasteiger partial charge in [-0.1, -0.05) is 180 Å². The molecule has 0 saturated heterocycles. The third-order valence-electron chi connectivity index (χ3n) is 8.59. The largest absolute Gasteiger partial charge is 0.0805 e. The second-order valence-corrected chi connectivity index (χ2v) is 12.6. The molecule has 6 rings (SSSR count). The lowest BCUT2D eigenvalue weighted by atomic mass is 9.75. The second-order valence-electron chi connectivity index (χ2n) is 12.6. The number of hydrogen-bond acceptors (Lipinski definition) is 0. The van der Waals surface area contributed by atoms with Crippen molar-refractivity contribution in [2.75, 3.05) is 0 Å². The molecule has 0 radical (unpaired) electrons. The van der Waals surface area contributed by atoms with Crippen LogP contribution in [0.2, 0.25) is 0 Å². The molecule has 230 valence electrons. The van der Waals surface area contributed by atoms with E-state index in [2.05, 4.69) is 125 Å². The van der Waals surface area contributed by atoms with Crippen molar-refractivity contribution < 1.29 is 0 Å². The van der Waals surface area contributed by atoms with Crippen LogP contribution in [0.3, 0.4) is 0 Å². The van der Waals surface area contributed by atoms with E-state index in [9.17, 15) is 0 Å². The summed E-state index contributed by atoms with van der Waals surface area (Å²) in [6, 6.07) is 0. The SMILES string of the molecule is C1=CC2C3C=CC=CC3C(CCC3C4C=CC=CC4C4C=CC=CC43)C2C=C1.CC.CC.CC.CC.CC(C)(C)C. The van der Waals surface area contributed by atoms with Crippen molar-refractivity contribution in [3.05, 3.63) is 97.2 Å². The molecule has 0 bridgehead atoms. The fourth-order valence-corrected chi connectivity index (χ4v) is 7.49. The van der Waals surface area contributed by atoms with E-state index in [0.717, 1.165) is 35.5 Å². The Bertz CT molecular complexity index is 793. The lowest BCUT2D eigenvalue weighted by molar-refractivity contribution is 0.272. The quantitative estimate of drug-likeness (QED) is 0.323. The first-order chi connectivity index (χ1) is 19.9. The molecule has 2 fully saturated rings. The van der Waals surface area contributed by atoms with Gasteiger partial charge in [-0.2, -0.15) is 0 Å². The summed E-state index contributed by atoms with van der Waals surface area (Å²) in [5, 5.41) is 0. The van der Waals surface area contributed by atoms with Gasteiger partial charge in [0.15, 0.2) is 0 Å². The Balaban J connectivity index is 0.000000564. The highest BCUT2D eigenvalue weighted by atomic mass is 14.5. The van der Waals surface area contributed by atoms with E-state index in [4.69, 9.17) is 0 Å². The molecule has 0 aromatic heterocycles. The molecule has 0 aliphatic heterocycles. The summed E-state index contributed by atoms with van der Waals surface area (Å²) in [6.07, 6.45) is 41.0. The number of rotatable bonds is 3. The summed E-state index contributed by atoms with van der Waals surface area (Å²) in [6.45, 7) is 24.8. The Morgan fingerprint density at radius 1 is 0.317 bits per heavy atom. The molecule has 0 spiro atoms. The van der Waals surface area contributed by atoms with Gasteiger partial charge in [0, 0.05) is 0 Å². The smallest absolute Gasteiger partial charge is 0.00956 e. The molecule has 8 unspecified atom stereocenters. The van der Waals surface area contributed by atoms with Gasteiger partial charge in [-0.25, -0.2) is 0 Å². The molecule has 0 aromatic rings. The van der Waals surface area contributed by atoms with Crippen LogP contribution in [0.1, 0.15) is 95.9 Å². The highest BCUT2D eigenvalue weighted by Gasteiger charge is 2.50. The van der Waals surface area contributed by atoms with Crippen LogP contribution < -0.4 is 0 Å². The van der Waals surface area contributed by atoms with Crippen molar-refractivity contribution in [1.82, 2.24) is 0 Å². The topological polar surface area (TPSA) is 0 Å². The van der Waals surface area contributed by atoms with Gasteiger partial charge in [-0.3, -0.25) is 0 Å². The Hall–Kier alpha value is -2.08. The summed E-state index contributed by atoms with van der Waals surface area (Å²) >= 11 is 0.